The van der Waals surface area contributed by atoms with E-state index in [2.05, 4.69) is 4.90 Å². The third kappa shape index (κ3) is 2.27. The zero-order valence-electron chi connectivity index (χ0n) is 9.11. The highest BCUT2D eigenvalue weighted by Gasteiger charge is 2.30. The largest absolute Gasteiger partial charge is 0.381 e. The molecule has 2 rings (SSSR count). The fourth-order valence-corrected chi connectivity index (χ4v) is 2.81. The molecule has 0 radical (unpaired) electrons. The van der Waals surface area contributed by atoms with Gasteiger partial charge in [-0.3, -0.25) is 4.90 Å². The van der Waals surface area contributed by atoms with Gasteiger partial charge >= 0.3 is 0 Å². The maximum absolute atomic E-state index is 5.93. The van der Waals surface area contributed by atoms with Crippen molar-refractivity contribution in [1.29, 1.82) is 0 Å². The Hall–Kier alpha value is -0.120. The van der Waals surface area contributed by atoms with E-state index in [9.17, 15) is 0 Å². The van der Waals surface area contributed by atoms with Gasteiger partial charge in [-0.1, -0.05) is 0 Å². The molecule has 1 aliphatic heterocycles. The lowest BCUT2D eigenvalue weighted by molar-refractivity contribution is 0.0338. The molecule has 3 atom stereocenters. The zero-order chi connectivity index (χ0) is 9.97. The van der Waals surface area contributed by atoms with E-state index < -0.39 is 0 Å². The summed E-state index contributed by atoms with van der Waals surface area (Å²) >= 11 is 0. The zero-order valence-corrected chi connectivity index (χ0v) is 9.11. The van der Waals surface area contributed by atoms with Gasteiger partial charge in [-0.05, 0) is 32.1 Å². The second-order valence-electron chi connectivity index (χ2n) is 4.72. The molecule has 2 N–H and O–H groups in total. The number of rotatable bonds is 2. The van der Waals surface area contributed by atoms with Gasteiger partial charge in [0.1, 0.15) is 0 Å². The van der Waals surface area contributed by atoms with Gasteiger partial charge < -0.3 is 10.5 Å². The Labute approximate surface area is 86.6 Å². The minimum atomic E-state index is 0.415. The third-order valence-electron chi connectivity index (χ3n) is 3.70. The summed E-state index contributed by atoms with van der Waals surface area (Å²) in [6.07, 6.45) is 6.77. The Balaban J connectivity index is 1.84. The van der Waals surface area contributed by atoms with E-state index in [-0.39, 0.29) is 0 Å². The van der Waals surface area contributed by atoms with Crippen LogP contribution in [0, 0.1) is 0 Å². The van der Waals surface area contributed by atoms with Crippen LogP contribution in [0.5, 0.6) is 0 Å². The number of hydrogen-bond donors (Lipinski definition) is 1. The second-order valence-corrected chi connectivity index (χ2v) is 4.72. The highest BCUT2D eigenvalue weighted by Crippen LogP contribution is 2.26. The van der Waals surface area contributed by atoms with Crippen LogP contribution in [-0.2, 0) is 4.74 Å². The monoisotopic (exact) mass is 198 g/mol. The van der Waals surface area contributed by atoms with E-state index in [1.54, 1.807) is 0 Å². The number of nitrogens with zero attached hydrogens (tertiary/aromatic N) is 1. The SMILES string of the molecule is COC1CCCC(N2CC[C@@H](N)C2)C1. The third-order valence-corrected chi connectivity index (χ3v) is 3.70. The van der Waals surface area contributed by atoms with Crippen LogP contribution in [-0.4, -0.2) is 43.3 Å². The number of hydrogen-bond acceptors (Lipinski definition) is 3. The first kappa shape index (κ1) is 10.4. The minimum Gasteiger partial charge on any atom is -0.381 e. The van der Waals surface area contributed by atoms with Crippen molar-refractivity contribution >= 4 is 0 Å². The van der Waals surface area contributed by atoms with E-state index in [0.717, 1.165) is 12.6 Å². The molecule has 2 fully saturated rings. The van der Waals surface area contributed by atoms with Gasteiger partial charge in [0.15, 0.2) is 0 Å². The van der Waals surface area contributed by atoms with Crippen LogP contribution >= 0.6 is 0 Å². The van der Waals surface area contributed by atoms with Crippen LogP contribution < -0.4 is 5.73 Å². The van der Waals surface area contributed by atoms with E-state index >= 15 is 0 Å². The lowest BCUT2D eigenvalue weighted by Crippen LogP contribution is -2.40. The van der Waals surface area contributed by atoms with Crippen molar-refractivity contribution in [3.8, 4) is 0 Å². The highest BCUT2D eigenvalue weighted by molar-refractivity contribution is 4.87. The van der Waals surface area contributed by atoms with Gasteiger partial charge in [-0.15, -0.1) is 0 Å². The number of methoxy groups -OCH3 is 1. The number of likely N-dealkylation sites (tertiary alicyclic amines) is 1. The Morgan fingerprint density at radius 1 is 1.29 bits per heavy atom. The summed E-state index contributed by atoms with van der Waals surface area (Å²) in [5.41, 5.74) is 5.93. The van der Waals surface area contributed by atoms with Crippen molar-refractivity contribution in [1.82, 2.24) is 4.90 Å². The van der Waals surface area contributed by atoms with Crippen molar-refractivity contribution in [2.75, 3.05) is 20.2 Å². The molecule has 1 saturated heterocycles. The van der Waals surface area contributed by atoms with Crippen molar-refractivity contribution in [2.24, 2.45) is 5.73 Å². The van der Waals surface area contributed by atoms with Crippen LogP contribution in [0.15, 0.2) is 0 Å². The molecule has 3 nitrogen and oxygen atoms in total. The summed E-state index contributed by atoms with van der Waals surface area (Å²) in [6.45, 7) is 2.30. The maximum atomic E-state index is 5.93. The maximum Gasteiger partial charge on any atom is 0.0586 e. The average Bonchev–Trinajstić information content (AvgIpc) is 2.65. The summed E-state index contributed by atoms with van der Waals surface area (Å²) in [5.74, 6) is 0. The standard InChI is InChI=1S/C11H22N2O/c1-14-11-4-2-3-10(7-11)13-6-5-9(12)8-13/h9-11H,2-8,12H2,1H3/t9-,10?,11?/m1/s1. The smallest absolute Gasteiger partial charge is 0.0586 e. The predicted molar refractivity (Wildman–Crippen MR) is 57.2 cm³/mol. The van der Waals surface area contributed by atoms with Crippen molar-refractivity contribution in [3.05, 3.63) is 0 Å². The Morgan fingerprint density at radius 3 is 2.79 bits per heavy atom. The van der Waals surface area contributed by atoms with Crippen molar-refractivity contribution in [3.63, 3.8) is 0 Å². The molecular weight excluding hydrogens is 176 g/mol. The van der Waals surface area contributed by atoms with Gasteiger partial charge in [0.2, 0.25) is 0 Å². The van der Waals surface area contributed by atoms with Crippen LogP contribution in [0.2, 0.25) is 0 Å². The first-order valence-electron chi connectivity index (χ1n) is 5.82. The van der Waals surface area contributed by atoms with Gasteiger partial charge in [0.25, 0.3) is 0 Å². The van der Waals surface area contributed by atoms with Crippen LogP contribution in [0.25, 0.3) is 0 Å². The summed E-state index contributed by atoms with van der Waals surface area (Å²) < 4.78 is 5.45. The molecule has 3 heteroatoms. The molecule has 0 aromatic carbocycles. The average molecular weight is 198 g/mol. The predicted octanol–water partition coefficient (Wildman–Crippen LogP) is 0.977. The summed E-state index contributed by atoms with van der Waals surface area (Å²) in [5, 5.41) is 0. The van der Waals surface area contributed by atoms with E-state index in [1.165, 1.54) is 38.6 Å². The van der Waals surface area contributed by atoms with Crippen LogP contribution in [0.1, 0.15) is 32.1 Å². The molecule has 0 spiro atoms. The lowest BCUT2D eigenvalue weighted by Gasteiger charge is -2.34. The molecule has 0 bridgehead atoms. The molecule has 82 valence electrons. The van der Waals surface area contributed by atoms with Gasteiger partial charge in [0.05, 0.1) is 6.10 Å². The molecule has 0 aromatic rings. The quantitative estimate of drug-likeness (QED) is 0.719. The number of ether oxygens (including phenoxy) is 1. The van der Waals surface area contributed by atoms with E-state index in [0.29, 0.717) is 12.1 Å². The fourth-order valence-electron chi connectivity index (χ4n) is 2.81. The van der Waals surface area contributed by atoms with Gasteiger partial charge in [0, 0.05) is 32.3 Å². The highest BCUT2D eigenvalue weighted by atomic mass is 16.5. The van der Waals surface area contributed by atoms with E-state index in [4.69, 9.17) is 10.5 Å². The summed E-state index contributed by atoms with van der Waals surface area (Å²) in [4.78, 5) is 2.57. The van der Waals surface area contributed by atoms with Crippen LogP contribution in [0.3, 0.4) is 0 Å². The molecular formula is C11H22N2O. The molecule has 14 heavy (non-hydrogen) atoms. The molecule has 0 aromatic heterocycles. The van der Waals surface area contributed by atoms with Gasteiger partial charge in [-0.25, -0.2) is 0 Å². The Bertz CT molecular complexity index is 186. The van der Waals surface area contributed by atoms with Crippen molar-refractivity contribution in [2.45, 2.75) is 50.3 Å². The Morgan fingerprint density at radius 2 is 2.14 bits per heavy atom. The molecule has 2 unspecified atom stereocenters. The minimum absolute atomic E-state index is 0.415. The first-order valence-corrected chi connectivity index (χ1v) is 5.82. The molecule has 1 heterocycles. The fraction of sp³-hybridized carbons (Fsp3) is 1.00. The normalized spacial score (nSPS) is 40.3. The van der Waals surface area contributed by atoms with Gasteiger partial charge in [-0.2, -0.15) is 0 Å². The van der Waals surface area contributed by atoms with Crippen molar-refractivity contribution < 1.29 is 4.74 Å². The Kier molecular flexibility index (Phi) is 3.42. The lowest BCUT2D eigenvalue weighted by atomic mass is 9.92. The molecule has 0 amide bonds. The molecule has 2 aliphatic rings. The van der Waals surface area contributed by atoms with E-state index in [1.807, 2.05) is 7.11 Å². The first-order chi connectivity index (χ1) is 6.79. The summed E-state index contributed by atoms with van der Waals surface area (Å²) in [6, 6.07) is 1.15. The second kappa shape index (κ2) is 4.60. The topological polar surface area (TPSA) is 38.5 Å². The molecule has 1 saturated carbocycles. The number of nitrogens with two attached hydrogens (primary N) is 1. The van der Waals surface area contributed by atoms with Crippen LogP contribution in [0.4, 0.5) is 0 Å². The molecule has 1 aliphatic carbocycles. The summed E-state index contributed by atoms with van der Waals surface area (Å²) in [7, 11) is 1.84.